The molecule has 4 aromatic rings. The normalized spacial score (nSPS) is 14.0. The minimum absolute atomic E-state index is 0.140. The average molecular weight is 371 g/mol. The number of fused-ring (bicyclic) bond motifs is 1. The second kappa shape index (κ2) is 7.02. The number of hydrogen-bond donors (Lipinski definition) is 1. The lowest BCUT2D eigenvalue weighted by Crippen LogP contribution is -2.50. The third-order valence-electron chi connectivity index (χ3n) is 4.93. The van der Waals surface area contributed by atoms with E-state index in [1.807, 2.05) is 42.5 Å². The highest BCUT2D eigenvalue weighted by Gasteiger charge is 2.21. The predicted octanol–water partition coefficient (Wildman–Crippen LogP) is 4.45. The Labute approximate surface area is 162 Å². The Morgan fingerprint density at radius 3 is 2.54 bits per heavy atom. The van der Waals surface area contributed by atoms with E-state index >= 15 is 0 Å². The molecule has 3 heterocycles. The van der Waals surface area contributed by atoms with E-state index in [1.165, 1.54) is 12.1 Å². The minimum Gasteiger partial charge on any atom is -0.487 e. The van der Waals surface area contributed by atoms with E-state index in [0.29, 0.717) is 5.65 Å². The first-order valence-electron chi connectivity index (χ1n) is 9.26. The summed E-state index contributed by atoms with van der Waals surface area (Å²) < 4.78 is 19.6. The first kappa shape index (κ1) is 16.8. The Bertz CT molecular complexity index is 1140. The number of rotatable bonds is 4. The minimum atomic E-state index is -0.251. The van der Waals surface area contributed by atoms with Gasteiger partial charge in [0.2, 0.25) is 0 Å². The summed E-state index contributed by atoms with van der Waals surface area (Å²) in [6, 6.07) is 20.4. The van der Waals surface area contributed by atoms with E-state index in [2.05, 4.69) is 15.3 Å². The molecule has 1 fully saturated rings. The molecular weight excluding hydrogens is 353 g/mol. The lowest BCUT2D eigenvalue weighted by molar-refractivity contribution is 0.143. The summed E-state index contributed by atoms with van der Waals surface area (Å²) in [6.45, 7) is 1.65. The number of aromatic nitrogens is 2. The van der Waals surface area contributed by atoms with Gasteiger partial charge < -0.3 is 10.1 Å². The Balaban J connectivity index is 1.58. The standard InChI is InChI=1S/C23H18FN3O/c24-18-7-3-15(4-8-18)20-9-5-17(12-22(20)28-19-13-25-14-19)21-10-6-16-2-1-11-26-23(16)27-21/h1-12,19,25H,13-14H2. The summed E-state index contributed by atoms with van der Waals surface area (Å²) in [5, 5.41) is 4.23. The first-order valence-corrected chi connectivity index (χ1v) is 9.26. The molecule has 0 amide bonds. The molecule has 5 rings (SSSR count). The highest BCUT2D eigenvalue weighted by atomic mass is 19.1. The van der Waals surface area contributed by atoms with Gasteiger partial charge in [-0.2, -0.15) is 0 Å². The molecule has 0 bridgehead atoms. The number of nitrogens with one attached hydrogen (secondary N) is 1. The average Bonchev–Trinajstić information content (AvgIpc) is 2.71. The fourth-order valence-electron chi connectivity index (χ4n) is 3.29. The molecule has 0 unspecified atom stereocenters. The fraction of sp³-hybridized carbons (Fsp3) is 0.130. The van der Waals surface area contributed by atoms with Gasteiger partial charge in [-0.25, -0.2) is 14.4 Å². The van der Waals surface area contributed by atoms with Crippen molar-refractivity contribution in [3.63, 3.8) is 0 Å². The first-order chi connectivity index (χ1) is 13.8. The van der Waals surface area contributed by atoms with E-state index in [1.54, 1.807) is 18.3 Å². The lowest BCUT2D eigenvalue weighted by Gasteiger charge is -2.29. The summed E-state index contributed by atoms with van der Waals surface area (Å²) in [6.07, 6.45) is 1.88. The second-order valence-electron chi connectivity index (χ2n) is 6.86. The van der Waals surface area contributed by atoms with Gasteiger partial charge in [-0.05, 0) is 54.1 Å². The van der Waals surface area contributed by atoms with Gasteiger partial charge in [0.1, 0.15) is 17.7 Å². The van der Waals surface area contributed by atoms with E-state index in [-0.39, 0.29) is 11.9 Å². The summed E-state index contributed by atoms with van der Waals surface area (Å²) in [7, 11) is 0. The molecule has 1 aliphatic rings. The smallest absolute Gasteiger partial charge is 0.159 e. The second-order valence-corrected chi connectivity index (χ2v) is 6.86. The van der Waals surface area contributed by atoms with Gasteiger partial charge in [0.25, 0.3) is 0 Å². The van der Waals surface area contributed by atoms with Gasteiger partial charge in [-0.3, -0.25) is 0 Å². The van der Waals surface area contributed by atoms with Crippen LogP contribution in [0.15, 0.2) is 72.9 Å². The van der Waals surface area contributed by atoms with Crippen molar-refractivity contribution in [3.8, 4) is 28.1 Å². The fourth-order valence-corrected chi connectivity index (χ4v) is 3.29. The van der Waals surface area contributed by atoms with Crippen LogP contribution in [0.4, 0.5) is 4.39 Å². The summed E-state index contributed by atoms with van der Waals surface area (Å²) >= 11 is 0. The van der Waals surface area contributed by atoms with Crippen LogP contribution in [0.5, 0.6) is 5.75 Å². The summed E-state index contributed by atoms with van der Waals surface area (Å²) in [5.74, 6) is 0.525. The molecule has 0 spiro atoms. The number of hydrogen-bond acceptors (Lipinski definition) is 4. The van der Waals surface area contributed by atoms with Crippen LogP contribution in [0.2, 0.25) is 0 Å². The van der Waals surface area contributed by atoms with Gasteiger partial charge in [0.05, 0.1) is 5.69 Å². The molecule has 2 aromatic carbocycles. The van der Waals surface area contributed by atoms with Crippen molar-refractivity contribution in [3.05, 3.63) is 78.7 Å². The Morgan fingerprint density at radius 1 is 0.929 bits per heavy atom. The zero-order chi connectivity index (χ0) is 18.9. The van der Waals surface area contributed by atoms with Crippen molar-refractivity contribution in [1.29, 1.82) is 0 Å². The van der Waals surface area contributed by atoms with Crippen molar-refractivity contribution in [2.45, 2.75) is 6.10 Å². The largest absolute Gasteiger partial charge is 0.487 e. The maximum Gasteiger partial charge on any atom is 0.159 e. The van der Waals surface area contributed by atoms with Crippen LogP contribution in [0, 0.1) is 5.82 Å². The zero-order valence-corrected chi connectivity index (χ0v) is 15.1. The quantitative estimate of drug-likeness (QED) is 0.576. The topological polar surface area (TPSA) is 47.0 Å². The molecule has 4 nitrogen and oxygen atoms in total. The molecule has 1 N–H and O–H groups in total. The number of pyridine rings is 2. The molecule has 0 radical (unpaired) electrons. The van der Waals surface area contributed by atoms with Crippen molar-refractivity contribution < 1.29 is 9.13 Å². The van der Waals surface area contributed by atoms with Gasteiger partial charge in [0, 0.05) is 35.8 Å². The highest BCUT2D eigenvalue weighted by molar-refractivity contribution is 5.80. The SMILES string of the molecule is Fc1ccc(-c2ccc(-c3ccc4cccnc4n3)cc2OC2CNC2)cc1. The van der Waals surface area contributed by atoms with Crippen molar-refractivity contribution in [2.75, 3.05) is 13.1 Å². The van der Waals surface area contributed by atoms with Gasteiger partial charge >= 0.3 is 0 Å². The van der Waals surface area contributed by atoms with Crippen LogP contribution in [0.1, 0.15) is 0 Å². The van der Waals surface area contributed by atoms with Crippen molar-refractivity contribution in [1.82, 2.24) is 15.3 Å². The van der Waals surface area contributed by atoms with Crippen LogP contribution in [0.25, 0.3) is 33.4 Å². The van der Waals surface area contributed by atoms with Gasteiger partial charge in [0.15, 0.2) is 5.65 Å². The maximum absolute atomic E-state index is 13.3. The van der Waals surface area contributed by atoms with Crippen molar-refractivity contribution in [2.24, 2.45) is 0 Å². The van der Waals surface area contributed by atoms with E-state index in [9.17, 15) is 4.39 Å². The number of nitrogens with zero attached hydrogens (tertiary/aromatic N) is 2. The molecule has 0 saturated carbocycles. The molecule has 138 valence electrons. The van der Waals surface area contributed by atoms with Crippen LogP contribution in [0.3, 0.4) is 0 Å². The van der Waals surface area contributed by atoms with Gasteiger partial charge in [-0.1, -0.05) is 18.2 Å². The van der Waals surface area contributed by atoms with Crippen LogP contribution in [-0.2, 0) is 0 Å². The molecule has 28 heavy (non-hydrogen) atoms. The van der Waals surface area contributed by atoms with Crippen LogP contribution >= 0.6 is 0 Å². The van der Waals surface area contributed by atoms with E-state index in [4.69, 9.17) is 4.74 Å². The molecule has 2 aromatic heterocycles. The molecule has 0 aliphatic carbocycles. The third kappa shape index (κ3) is 3.21. The van der Waals surface area contributed by atoms with Gasteiger partial charge in [-0.15, -0.1) is 0 Å². The number of halogens is 1. The van der Waals surface area contributed by atoms with E-state index < -0.39 is 0 Å². The Kier molecular flexibility index (Phi) is 4.22. The monoisotopic (exact) mass is 371 g/mol. The summed E-state index contributed by atoms with van der Waals surface area (Å²) in [5.41, 5.74) is 4.38. The van der Waals surface area contributed by atoms with E-state index in [0.717, 1.165) is 46.6 Å². The number of benzene rings is 2. The Morgan fingerprint density at radius 2 is 1.75 bits per heavy atom. The molecule has 5 heteroatoms. The molecule has 1 saturated heterocycles. The lowest BCUT2D eigenvalue weighted by atomic mass is 10.0. The van der Waals surface area contributed by atoms with Crippen LogP contribution in [-0.4, -0.2) is 29.2 Å². The summed E-state index contributed by atoms with van der Waals surface area (Å²) in [4.78, 5) is 9.03. The number of ether oxygens (including phenoxy) is 1. The van der Waals surface area contributed by atoms with Crippen molar-refractivity contribution >= 4 is 11.0 Å². The maximum atomic E-state index is 13.3. The predicted molar refractivity (Wildman–Crippen MR) is 108 cm³/mol. The molecule has 1 aliphatic heterocycles. The molecular formula is C23H18FN3O. The Hall–Kier alpha value is -3.31. The molecule has 0 atom stereocenters. The van der Waals surface area contributed by atoms with Crippen LogP contribution < -0.4 is 10.1 Å². The third-order valence-corrected chi connectivity index (χ3v) is 4.93. The highest BCUT2D eigenvalue weighted by Crippen LogP contribution is 2.35. The zero-order valence-electron chi connectivity index (χ0n) is 15.1.